The van der Waals surface area contributed by atoms with Crippen LogP contribution >= 0.6 is 11.3 Å². The molecule has 1 atom stereocenters. The van der Waals surface area contributed by atoms with E-state index in [1.54, 1.807) is 17.4 Å². The van der Waals surface area contributed by atoms with Gasteiger partial charge >= 0.3 is 0 Å². The van der Waals surface area contributed by atoms with Gasteiger partial charge in [-0.25, -0.2) is 4.39 Å². The third kappa shape index (κ3) is 6.34. The third-order valence-electron chi connectivity index (χ3n) is 8.67. The van der Waals surface area contributed by atoms with E-state index in [2.05, 4.69) is 45.2 Å². The van der Waals surface area contributed by atoms with Crippen LogP contribution in [0.3, 0.4) is 0 Å². The maximum Gasteiger partial charge on any atom is 0.253 e. The maximum absolute atomic E-state index is 14.5. The summed E-state index contributed by atoms with van der Waals surface area (Å²) in [6.45, 7) is 6.42. The molecule has 1 amide bonds. The van der Waals surface area contributed by atoms with Crippen molar-refractivity contribution in [2.24, 2.45) is 0 Å². The minimum absolute atomic E-state index is 0.0118. The number of ether oxygens (including phenoxy) is 2. The Kier molecular flexibility index (Phi) is 8.19. The number of nitrogens with one attached hydrogen (secondary N) is 2. The minimum Gasteiger partial charge on any atom is -0.490 e. The fourth-order valence-electron chi connectivity index (χ4n) is 6.30. The molecule has 3 aliphatic rings. The number of halogens is 1. The summed E-state index contributed by atoms with van der Waals surface area (Å²) in [7, 11) is 0. The number of fused-ring (bicyclic) bond motifs is 1. The Bertz CT molecular complexity index is 1590. The lowest BCUT2D eigenvalue weighted by atomic mass is 9.99. The van der Waals surface area contributed by atoms with Gasteiger partial charge in [-0.2, -0.15) is 0 Å². The molecule has 43 heavy (non-hydrogen) atoms. The number of thiophene rings is 1. The fraction of sp³-hybridized carbons (Fsp3) is 0.382. The van der Waals surface area contributed by atoms with E-state index < -0.39 is 0 Å². The Morgan fingerprint density at radius 3 is 2.51 bits per heavy atom. The summed E-state index contributed by atoms with van der Waals surface area (Å²) >= 11 is 1.71. The number of nitrogens with zero attached hydrogens (tertiary/aromatic N) is 2. The molecule has 4 aromatic rings. The number of rotatable bonds is 7. The Morgan fingerprint density at radius 2 is 1.70 bits per heavy atom. The van der Waals surface area contributed by atoms with Crippen molar-refractivity contribution in [3.05, 3.63) is 77.4 Å². The molecule has 9 heteroatoms. The molecule has 0 unspecified atom stereocenters. The summed E-state index contributed by atoms with van der Waals surface area (Å²) < 4.78 is 28.3. The summed E-state index contributed by atoms with van der Waals surface area (Å²) in [5.41, 5.74) is 3.50. The number of likely N-dealkylation sites (tertiary alicyclic amines) is 1. The molecular formula is C34H37FN4O3S. The zero-order valence-electron chi connectivity index (χ0n) is 24.2. The molecule has 4 heterocycles. The van der Waals surface area contributed by atoms with Gasteiger partial charge in [0.25, 0.3) is 5.91 Å². The molecule has 3 aromatic carbocycles. The first kappa shape index (κ1) is 28.1. The fourth-order valence-corrected chi connectivity index (χ4v) is 7.12. The van der Waals surface area contributed by atoms with Crippen LogP contribution in [0.15, 0.2) is 66.0 Å². The number of amides is 1. The third-order valence-corrected chi connectivity index (χ3v) is 9.55. The quantitative estimate of drug-likeness (QED) is 0.291. The van der Waals surface area contributed by atoms with Gasteiger partial charge in [0.1, 0.15) is 29.5 Å². The van der Waals surface area contributed by atoms with E-state index in [1.165, 1.54) is 16.2 Å². The number of carbonyl (C=O) groups is 1. The van der Waals surface area contributed by atoms with Crippen molar-refractivity contribution >= 4 is 33.0 Å². The van der Waals surface area contributed by atoms with Gasteiger partial charge < -0.3 is 29.9 Å². The number of anilines is 1. The van der Waals surface area contributed by atoms with Crippen molar-refractivity contribution < 1.29 is 18.7 Å². The molecule has 2 N–H and O–H groups in total. The van der Waals surface area contributed by atoms with Crippen LogP contribution in [0.4, 0.5) is 10.1 Å². The molecule has 3 fully saturated rings. The first-order valence-electron chi connectivity index (χ1n) is 15.3. The van der Waals surface area contributed by atoms with Crippen LogP contribution in [0.2, 0.25) is 0 Å². The lowest BCUT2D eigenvalue weighted by molar-refractivity contribution is 0.0595. The molecule has 7 rings (SSSR count). The standard InChI is InChI=1S/C34H37FN4O3S/c35-26-19-27(38-14-10-36-11-15-38)21-30(20-26)41-28-6-12-39(13-7-28)34(40)25-3-4-32(42-29-5-9-37-22-29)31(17-25)24-2-1-23-8-16-43-33(23)18-24/h1-4,8,16-21,28-29,36-37H,5-7,9-15,22H2/t29-/m0/s1. The predicted molar refractivity (Wildman–Crippen MR) is 170 cm³/mol. The molecule has 0 bridgehead atoms. The normalized spacial score (nSPS) is 19.6. The van der Waals surface area contributed by atoms with E-state index in [1.807, 2.05) is 29.2 Å². The highest BCUT2D eigenvalue weighted by molar-refractivity contribution is 7.17. The Hall–Kier alpha value is -3.66. The van der Waals surface area contributed by atoms with Crippen molar-refractivity contribution in [2.75, 3.05) is 57.3 Å². The highest BCUT2D eigenvalue weighted by atomic mass is 32.1. The van der Waals surface area contributed by atoms with Crippen molar-refractivity contribution in [3.8, 4) is 22.6 Å². The highest BCUT2D eigenvalue weighted by Crippen LogP contribution is 2.36. The zero-order valence-corrected chi connectivity index (χ0v) is 25.0. The van der Waals surface area contributed by atoms with Gasteiger partial charge in [0.2, 0.25) is 0 Å². The summed E-state index contributed by atoms with van der Waals surface area (Å²) in [5.74, 6) is 1.09. The second-order valence-electron chi connectivity index (χ2n) is 11.6. The number of hydrogen-bond acceptors (Lipinski definition) is 7. The van der Waals surface area contributed by atoms with Gasteiger partial charge in [-0.1, -0.05) is 12.1 Å². The molecule has 0 spiro atoms. The van der Waals surface area contributed by atoms with Crippen molar-refractivity contribution in [2.45, 2.75) is 31.5 Å². The van der Waals surface area contributed by atoms with E-state index in [0.29, 0.717) is 37.2 Å². The number of carbonyl (C=O) groups excluding carboxylic acids is 1. The second kappa shape index (κ2) is 12.5. The van der Waals surface area contributed by atoms with E-state index >= 15 is 0 Å². The van der Waals surface area contributed by atoms with Crippen LogP contribution in [0.5, 0.6) is 11.5 Å². The maximum atomic E-state index is 14.5. The molecule has 3 saturated heterocycles. The number of piperidine rings is 1. The Balaban J connectivity index is 1.05. The second-order valence-corrected chi connectivity index (χ2v) is 12.6. The van der Waals surface area contributed by atoms with Crippen molar-refractivity contribution in [1.29, 1.82) is 0 Å². The minimum atomic E-state index is -0.288. The summed E-state index contributed by atoms with van der Waals surface area (Å²) in [4.78, 5) is 17.8. The van der Waals surface area contributed by atoms with Gasteiger partial charge in [0, 0.05) is 92.3 Å². The monoisotopic (exact) mass is 600 g/mol. The van der Waals surface area contributed by atoms with Gasteiger partial charge in [-0.15, -0.1) is 11.3 Å². The van der Waals surface area contributed by atoms with E-state index in [4.69, 9.17) is 9.47 Å². The smallest absolute Gasteiger partial charge is 0.253 e. The van der Waals surface area contributed by atoms with Crippen LogP contribution in [0.1, 0.15) is 29.6 Å². The molecule has 0 saturated carbocycles. The first-order valence-corrected chi connectivity index (χ1v) is 16.2. The predicted octanol–water partition coefficient (Wildman–Crippen LogP) is 5.54. The number of benzene rings is 3. The summed E-state index contributed by atoms with van der Waals surface area (Å²) in [6, 6.07) is 19.4. The highest BCUT2D eigenvalue weighted by Gasteiger charge is 2.27. The topological polar surface area (TPSA) is 66.1 Å². The van der Waals surface area contributed by atoms with Crippen LogP contribution in [0, 0.1) is 5.82 Å². The average molecular weight is 601 g/mol. The van der Waals surface area contributed by atoms with Gasteiger partial charge in [0.15, 0.2) is 0 Å². The molecule has 7 nitrogen and oxygen atoms in total. The Morgan fingerprint density at radius 1 is 0.837 bits per heavy atom. The van der Waals surface area contributed by atoms with Gasteiger partial charge in [-0.05, 0) is 65.7 Å². The van der Waals surface area contributed by atoms with Crippen LogP contribution in [0.25, 0.3) is 21.2 Å². The molecule has 1 aromatic heterocycles. The van der Waals surface area contributed by atoms with E-state index in [9.17, 15) is 9.18 Å². The lowest BCUT2D eigenvalue weighted by Gasteiger charge is -2.33. The summed E-state index contributed by atoms with van der Waals surface area (Å²) in [6.07, 6.45) is 2.42. The number of hydrogen-bond donors (Lipinski definition) is 2. The van der Waals surface area contributed by atoms with E-state index in [-0.39, 0.29) is 23.9 Å². The van der Waals surface area contributed by atoms with Gasteiger partial charge in [0.05, 0.1) is 0 Å². The molecule has 3 aliphatic heterocycles. The largest absolute Gasteiger partial charge is 0.490 e. The van der Waals surface area contributed by atoms with Crippen molar-refractivity contribution in [3.63, 3.8) is 0 Å². The van der Waals surface area contributed by atoms with Crippen LogP contribution < -0.4 is 25.0 Å². The SMILES string of the molecule is O=C(c1ccc(O[C@H]2CCNC2)c(-c2ccc3ccsc3c2)c1)N1CCC(Oc2cc(F)cc(N3CCNCC3)c2)CC1. The number of piperazine rings is 1. The zero-order chi connectivity index (χ0) is 29.2. The van der Waals surface area contributed by atoms with Crippen LogP contribution in [-0.4, -0.2) is 75.4 Å². The molecule has 224 valence electrons. The lowest BCUT2D eigenvalue weighted by Crippen LogP contribution is -2.43. The van der Waals surface area contributed by atoms with Gasteiger partial charge in [-0.3, -0.25) is 4.79 Å². The molecule has 0 radical (unpaired) electrons. The molecule has 0 aliphatic carbocycles. The Labute approximate surface area is 255 Å². The average Bonchev–Trinajstić information content (AvgIpc) is 3.73. The van der Waals surface area contributed by atoms with Crippen molar-refractivity contribution in [1.82, 2.24) is 15.5 Å². The van der Waals surface area contributed by atoms with Crippen LogP contribution in [-0.2, 0) is 0 Å². The molecular weight excluding hydrogens is 563 g/mol. The summed E-state index contributed by atoms with van der Waals surface area (Å²) in [5, 5.41) is 10.0. The van der Waals surface area contributed by atoms with E-state index in [0.717, 1.165) is 68.3 Å². The first-order chi connectivity index (χ1) is 21.1.